The molecule has 0 fully saturated rings. The summed E-state index contributed by atoms with van der Waals surface area (Å²) < 4.78 is 3.37. The minimum absolute atomic E-state index is 0. The van der Waals surface area contributed by atoms with Gasteiger partial charge in [0.05, 0.1) is 0 Å². The zero-order valence-electron chi connectivity index (χ0n) is 13.9. The summed E-state index contributed by atoms with van der Waals surface area (Å²) in [5, 5.41) is 0. The predicted octanol–water partition coefficient (Wildman–Crippen LogP) is -1.47. The number of halogens is 2. The summed E-state index contributed by atoms with van der Waals surface area (Å²) in [5.74, 6) is 0. The molecule has 0 aromatic heterocycles. The van der Waals surface area contributed by atoms with Crippen molar-refractivity contribution < 1.29 is 32.2 Å². The van der Waals surface area contributed by atoms with Crippen LogP contribution in [0.5, 0.6) is 0 Å². The van der Waals surface area contributed by atoms with Crippen LogP contribution in [0.3, 0.4) is 0 Å². The van der Waals surface area contributed by atoms with Gasteiger partial charge < -0.3 is 9.41 Å². The van der Waals surface area contributed by atoms with Crippen molar-refractivity contribution in [3.63, 3.8) is 0 Å². The van der Waals surface area contributed by atoms with Crippen LogP contribution in [-0.4, -0.2) is 3.21 Å². The van der Waals surface area contributed by atoms with Crippen molar-refractivity contribution in [2.24, 2.45) is 0 Å². The van der Waals surface area contributed by atoms with Gasteiger partial charge in [0.25, 0.3) is 0 Å². The van der Waals surface area contributed by atoms with Crippen LogP contribution in [0.25, 0.3) is 16.7 Å². The van der Waals surface area contributed by atoms with E-state index in [1.54, 1.807) is 12.0 Å². The fourth-order valence-electron chi connectivity index (χ4n) is 3.52. The summed E-state index contributed by atoms with van der Waals surface area (Å²) in [7, 11) is 0. The van der Waals surface area contributed by atoms with Crippen molar-refractivity contribution in [2.45, 2.75) is 26.7 Å². The van der Waals surface area contributed by atoms with E-state index in [4.69, 9.17) is 0 Å². The minimum atomic E-state index is -0.644. The van der Waals surface area contributed by atoms with Crippen LogP contribution in [0.4, 0.5) is 0 Å². The summed E-state index contributed by atoms with van der Waals surface area (Å²) >= 11 is -0.644. The second-order valence-electron chi connectivity index (χ2n) is 6.30. The molecule has 0 saturated heterocycles. The molecule has 0 saturated carbocycles. The molecule has 0 bridgehead atoms. The van der Waals surface area contributed by atoms with Gasteiger partial charge in [0.2, 0.25) is 0 Å². The Morgan fingerprint density at radius 2 is 1.67 bits per heavy atom. The number of hydrogen-bond acceptors (Lipinski definition) is 0. The van der Waals surface area contributed by atoms with Crippen LogP contribution < -0.4 is 12.7 Å². The minimum Gasteiger partial charge on any atom is -1.00 e. The molecule has 2 aromatic rings. The van der Waals surface area contributed by atoms with Crippen LogP contribution in [0, 0.1) is 0 Å². The van der Waals surface area contributed by atoms with E-state index >= 15 is 0 Å². The van der Waals surface area contributed by atoms with E-state index in [9.17, 15) is 0 Å². The van der Waals surface area contributed by atoms with Gasteiger partial charge in [0, 0.05) is 0 Å². The monoisotopic (exact) mass is 399 g/mol. The van der Waals surface area contributed by atoms with Gasteiger partial charge in [0.1, 0.15) is 0 Å². The van der Waals surface area contributed by atoms with E-state index in [1.807, 2.05) is 0 Å². The standard InChI is InChI=1S/C18H13.C3H6.2FH.Zr/c1-2-6-13(5-1)14-9-10-18-16(11-14)12-15-7-3-4-8-17(15)18;1-3-2;;;/h1-5,7-10H,6,12H2;1-2H3;2*1H;/q;;;;+2/p-2. The van der Waals surface area contributed by atoms with Crippen LogP contribution in [0.2, 0.25) is 0 Å². The predicted molar refractivity (Wildman–Crippen MR) is 92.4 cm³/mol. The summed E-state index contributed by atoms with van der Waals surface area (Å²) in [4.78, 5) is 0. The average Bonchev–Trinajstić information content (AvgIpc) is 3.14. The normalized spacial score (nSPS) is 13.2. The smallest absolute Gasteiger partial charge is 1.00 e. The van der Waals surface area contributed by atoms with Crippen molar-refractivity contribution >= 4 is 12.1 Å². The summed E-state index contributed by atoms with van der Waals surface area (Å²) in [6, 6.07) is 13.7. The number of hydrogen-bond donors (Lipinski definition) is 0. The summed E-state index contributed by atoms with van der Waals surface area (Å²) in [6.07, 6.45) is 9.01. The largest absolute Gasteiger partial charge is 1.00 e. The molecular formula is C21H19F2Zr. The molecule has 0 unspecified atom stereocenters. The molecular weight excluding hydrogens is 381 g/mol. The third kappa shape index (κ3) is 3.19. The molecule has 0 aliphatic heterocycles. The van der Waals surface area contributed by atoms with Gasteiger partial charge in [-0.1, -0.05) is 0 Å². The second-order valence-corrected chi connectivity index (χ2v) is 10.6. The van der Waals surface area contributed by atoms with Gasteiger partial charge in [-0.2, -0.15) is 0 Å². The Hall–Kier alpha value is -1.47. The van der Waals surface area contributed by atoms with Crippen molar-refractivity contribution in [1.82, 2.24) is 0 Å². The van der Waals surface area contributed by atoms with Crippen molar-refractivity contribution in [3.8, 4) is 11.1 Å². The Labute approximate surface area is 153 Å². The van der Waals surface area contributed by atoms with Gasteiger partial charge in [-0.15, -0.1) is 0 Å². The van der Waals surface area contributed by atoms with E-state index < -0.39 is 22.8 Å². The number of rotatable bonds is 2. The van der Waals surface area contributed by atoms with Crippen LogP contribution in [0.15, 0.2) is 54.6 Å². The first-order valence-corrected chi connectivity index (χ1v) is 10.4. The number of benzene rings is 2. The maximum Gasteiger partial charge on any atom is -1.00 e. The topological polar surface area (TPSA) is 0 Å². The molecule has 4 rings (SSSR count). The van der Waals surface area contributed by atoms with Crippen LogP contribution >= 0.6 is 0 Å². The van der Waals surface area contributed by atoms with Gasteiger partial charge in [0.15, 0.2) is 0 Å². The number of fused-ring (bicyclic) bond motifs is 3. The molecule has 0 atom stereocenters. The first kappa shape index (κ1) is 18.9. The second kappa shape index (κ2) is 7.61. The van der Waals surface area contributed by atoms with E-state index in [0.717, 1.165) is 12.8 Å². The molecule has 2 aliphatic carbocycles. The molecule has 2 aliphatic rings. The maximum atomic E-state index is 2.39. The van der Waals surface area contributed by atoms with Gasteiger partial charge in [-0.25, -0.2) is 0 Å². The fraction of sp³-hybridized carbons (Fsp3) is 0.190. The fourth-order valence-corrected chi connectivity index (χ4v) is 6.60. The van der Waals surface area contributed by atoms with Crippen molar-refractivity contribution in [1.29, 1.82) is 0 Å². The molecule has 2 aromatic carbocycles. The zero-order valence-corrected chi connectivity index (χ0v) is 16.3. The Morgan fingerprint density at radius 1 is 0.917 bits per heavy atom. The molecule has 3 heteroatoms. The molecule has 0 heterocycles. The van der Waals surface area contributed by atoms with E-state index in [-0.39, 0.29) is 9.41 Å². The molecule has 0 radical (unpaired) electrons. The molecule has 0 nitrogen and oxygen atoms in total. The first-order valence-electron chi connectivity index (χ1n) is 7.91. The van der Waals surface area contributed by atoms with Crippen molar-refractivity contribution in [3.05, 3.63) is 71.3 Å². The van der Waals surface area contributed by atoms with Crippen LogP contribution in [0.1, 0.15) is 37.0 Å². The summed E-state index contributed by atoms with van der Waals surface area (Å²) in [6.45, 7) is 4.64. The third-order valence-electron chi connectivity index (χ3n) is 4.48. The van der Waals surface area contributed by atoms with E-state index in [0.29, 0.717) is 0 Å². The molecule has 0 spiro atoms. The average molecular weight is 401 g/mol. The van der Waals surface area contributed by atoms with Gasteiger partial charge >= 0.3 is 144 Å². The van der Waals surface area contributed by atoms with E-state index in [2.05, 4.69) is 68.5 Å². The van der Waals surface area contributed by atoms with Gasteiger partial charge in [-0.3, -0.25) is 0 Å². The molecule has 121 valence electrons. The Bertz CT molecular complexity index is 856. The number of allylic oxidation sites excluding steroid dienone is 4. The SMILES string of the molecule is C[C](C)=[Zr+2][c]1c(C2=CC=CC2)ccc2c1Cc1ccccc1-2.[F-].[F-]. The summed E-state index contributed by atoms with van der Waals surface area (Å²) in [5.41, 5.74) is 9.11. The first-order chi connectivity index (χ1) is 10.7. The Balaban J connectivity index is 0.00000104. The van der Waals surface area contributed by atoms with Gasteiger partial charge in [-0.05, 0) is 0 Å². The zero-order chi connectivity index (χ0) is 15.1. The maximum absolute atomic E-state index is 2.39. The van der Waals surface area contributed by atoms with Crippen molar-refractivity contribution in [2.75, 3.05) is 0 Å². The Kier molecular flexibility index (Phi) is 5.98. The molecule has 0 amide bonds. The quantitative estimate of drug-likeness (QED) is 0.493. The molecule has 24 heavy (non-hydrogen) atoms. The van der Waals surface area contributed by atoms with Crippen LogP contribution in [-0.2, 0) is 29.2 Å². The van der Waals surface area contributed by atoms with E-state index in [1.165, 1.54) is 27.8 Å². The third-order valence-corrected chi connectivity index (χ3v) is 7.73. The molecule has 0 N–H and O–H groups in total. The Morgan fingerprint density at radius 3 is 2.38 bits per heavy atom.